The van der Waals surface area contributed by atoms with E-state index in [1.54, 1.807) is 0 Å². The molecule has 4 heteroatoms. The minimum atomic E-state index is 0.776. The van der Waals surface area contributed by atoms with Crippen LogP contribution in [0.15, 0.2) is 27.1 Å². The molecule has 0 amide bonds. The van der Waals surface area contributed by atoms with Crippen LogP contribution in [-0.2, 0) is 11.2 Å². The predicted octanol–water partition coefficient (Wildman–Crippen LogP) is 3.52. The highest BCUT2D eigenvalue weighted by Crippen LogP contribution is 2.22. The van der Waals surface area contributed by atoms with Crippen LogP contribution in [0, 0.1) is 0 Å². The van der Waals surface area contributed by atoms with E-state index in [2.05, 4.69) is 49.3 Å². The Morgan fingerprint density at radius 3 is 2.82 bits per heavy atom. The van der Waals surface area contributed by atoms with Gasteiger partial charge in [-0.15, -0.1) is 0 Å². The van der Waals surface area contributed by atoms with Crippen molar-refractivity contribution in [2.75, 3.05) is 19.8 Å². The summed E-state index contributed by atoms with van der Waals surface area (Å²) >= 11 is 7.03. The maximum Gasteiger partial charge on any atom is 0.0591 e. The van der Waals surface area contributed by atoms with Crippen LogP contribution in [0.25, 0.3) is 0 Å². The molecule has 0 heterocycles. The zero-order valence-corrected chi connectivity index (χ0v) is 12.9. The summed E-state index contributed by atoms with van der Waals surface area (Å²) in [6.45, 7) is 2.56. The molecule has 0 unspecified atom stereocenters. The second kappa shape index (κ2) is 6.88. The van der Waals surface area contributed by atoms with E-state index in [1.165, 1.54) is 18.4 Å². The number of nitrogens with one attached hydrogen (secondary N) is 1. The molecule has 1 aliphatic rings. The summed E-state index contributed by atoms with van der Waals surface area (Å²) in [6, 6.07) is 7.01. The Labute approximate surface area is 119 Å². The fourth-order valence-corrected chi connectivity index (χ4v) is 2.50. The quantitative estimate of drug-likeness (QED) is 0.749. The topological polar surface area (TPSA) is 21.3 Å². The van der Waals surface area contributed by atoms with E-state index in [9.17, 15) is 0 Å². The SMILES string of the molecule is Brc1ccc(Br)c(CCOCCNC2CC2)c1. The van der Waals surface area contributed by atoms with Crippen LogP contribution in [0.3, 0.4) is 0 Å². The lowest BCUT2D eigenvalue weighted by Crippen LogP contribution is -2.22. The zero-order valence-electron chi connectivity index (χ0n) is 9.72. The van der Waals surface area contributed by atoms with Crippen LogP contribution in [0.5, 0.6) is 0 Å². The molecule has 1 aliphatic carbocycles. The molecule has 2 nitrogen and oxygen atoms in total. The van der Waals surface area contributed by atoms with Crippen LogP contribution in [0.2, 0.25) is 0 Å². The van der Waals surface area contributed by atoms with Gasteiger partial charge in [0, 0.05) is 21.5 Å². The fraction of sp³-hybridized carbons (Fsp3) is 0.538. The lowest BCUT2D eigenvalue weighted by atomic mass is 10.2. The van der Waals surface area contributed by atoms with Crippen molar-refractivity contribution in [2.45, 2.75) is 25.3 Å². The van der Waals surface area contributed by atoms with E-state index in [0.717, 1.165) is 41.2 Å². The second-order valence-corrected chi connectivity index (χ2v) is 6.10. The Kier molecular flexibility index (Phi) is 5.48. The van der Waals surface area contributed by atoms with Crippen molar-refractivity contribution in [1.29, 1.82) is 0 Å². The number of ether oxygens (including phenoxy) is 1. The molecule has 1 aromatic carbocycles. The first kappa shape index (κ1) is 13.5. The monoisotopic (exact) mass is 361 g/mol. The molecule has 0 aromatic heterocycles. The average molecular weight is 363 g/mol. The lowest BCUT2D eigenvalue weighted by Gasteiger charge is -2.07. The molecule has 1 aromatic rings. The van der Waals surface area contributed by atoms with Gasteiger partial charge in [-0.3, -0.25) is 0 Å². The van der Waals surface area contributed by atoms with E-state index >= 15 is 0 Å². The Morgan fingerprint density at radius 1 is 1.24 bits per heavy atom. The van der Waals surface area contributed by atoms with Gasteiger partial charge in [-0.05, 0) is 43.0 Å². The van der Waals surface area contributed by atoms with Crippen LogP contribution in [0.4, 0.5) is 0 Å². The first-order valence-corrected chi connectivity index (χ1v) is 7.59. The molecule has 0 saturated heterocycles. The molecule has 1 N–H and O–H groups in total. The summed E-state index contributed by atoms with van der Waals surface area (Å²) < 4.78 is 7.88. The van der Waals surface area contributed by atoms with E-state index in [4.69, 9.17) is 4.74 Å². The highest BCUT2D eigenvalue weighted by molar-refractivity contribution is 9.11. The molecule has 0 spiro atoms. The molecular formula is C13H17Br2NO. The van der Waals surface area contributed by atoms with Gasteiger partial charge in [-0.1, -0.05) is 31.9 Å². The first-order chi connectivity index (χ1) is 8.25. The van der Waals surface area contributed by atoms with Gasteiger partial charge in [0.25, 0.3) is 0 Å². The van der Waals surface area contributed by atoms with E-state index in [0.29, 0.717) is 0 Å². The minimum Gasteiger partial charge on any atom is -0.380 e. The molecular weight excluding hydrogens is 346 g/mol. The van der Waals surface area contributed by atoms with Crippen molar-refractivity contribution in [3.8, 4) is 0 Å². The maximum absolute atomic E-state index is 5.61. The summed E-state index contributed by atoms with van der Waals surface area (Å²) in [7, 11) is 0. The van der Waals surface area contributed by atoms with Crippen molar-refractivity contribution >= 4 is 31.9 Å². The highest BCUT2D eigenvalue weighted by Gasteiger charge is 2.19. The van der Waals surface area contributed by atoms with Crippen molar-refractivity contribution in [1.82, 2.24) is 5.32 Å². The maximum atomic E-state index is 5.61. The van der Waals surface area contributed by atoms with Crippen LogP contribution < -0.4 is 5.32 Å². The third kappa shape index (κ3) is 5.08. The molecule has 17 heavy (non-hydrogen) atoms. The van der Waals surface area contributed by atoms with Gasteiger partial charge in [0.15, 0.2) is 0 Å². The van der Waals surface area contributed by atoms with Gasteiger partial charge in [0.05, 0.1) is 13.2 Å². The summed E-state index contributed by atoms with van der Waals surface area (Å²) in [5, 5.41) is 3.43. The Balaban J connectivity index is 1.61. The number of benzene rings is 1. The first-order valence-electron chi connectivity index (χ1n) is 6.01. The minimum absolute atomic E-state index is 0.776. The number of halogens is 2. The Bertz CT molecular complexity index is 366. The third-order valence-electron chi connectivity index (χ3n) is 2.78. The molecule has 94 valence electrons. The van der Waals surface area contributed by atoms with Gasteiger partial charge >= 0.3 is 0 Å². The van der Waals surface area contributed by atoms with Crippen molar-refractivity contribution < 1.29 is 4.74 Å². The summed E-state index contributed by atoms with van der Waals surface area (Å²) in [4.78, 5) is 0. The number of rotatable bonds is 7. The average Bonchev–Trinajstić information content (AvgIpc) is 3.11. The van der Waals surface area contributed by atoms with Crippen molar-refractivity contribution in [3.63, 3.8) is 0 Å². The predicted molar refractivity (Wildman–Crippen MR) is 77.4 cm³/mol. The standard InChI is InChI=1S/C13H17Br2NO/c14-11-1-4-13(15)10(9-11)5-7-17-8-6-16-12-2-3-12/h1,4,9,12,16H,2-3,5-8H2. The fourth-order valence-electron chi connectivity index (χ4n) is 1.64. The molecule has 0 aliphatic heterocycles. The number of hydrogen-bond acceptors (Lipinski definition) is 2. The lowest BCUT2D eigenvalue weighted by molar-refractivity contribution is 0.138. The van der Waals surface area contributed by atoms with Crippen molar-refractivity contribution in [2.24, 2.45) is 0 Å². The Morgan fingerprint density at radius 2 is 2.06 bits per heavy atom. The van der Waals surface area contributed by atoms with Crippen molar-refractivity contribution in [3.05, 3.63) is 32.7 Å². The third-order valence-corrected chi connectivity index (χ3v) is 4.05. The normalized spacial score (nSPS) is 15.2. The van der Waals surface area contributed by atoms with Gasteiger partial charge in [0.2, 0.25) is 0 Å². The smallest absolute Gasteiger partial charge is 0.0591 e. The molecule has 1 saturated carbocycles. The Hall–Kier alpha value is 0.1000. The second-order valence-electron chi connectivity index (χ2n) is 4.33. The largest absolute Gasteiger partial charge is 0.380 e. The highest BCUT2D eigenvalue weighted by atomic mass is 79.9. The molecule has 0 bridgehead atoms. The van der Waals surface area contributed by atoms with Crippen LogP contribution in [-0.4, -0.2) is 25.8 Å². The van der Waals surface area contributed by atoms with Gasteiger partial charge in [-0.25, -0.2) is 0 Å². The van der Waals surface area contributed by atoms with E-state index < -0.39 is 0 Å². The summed E-state index contributed by atoms with van der Waals surface area (Å²) in [5.74, 6) is 0. The molecule has 0 radical (unpaired) electrons. The van der Waals surface area contributed by atoms with E-state index in [1.807, 2.05) is 6.07 Å². The summed E-state index contributed by atoms with van der Waals surface area (Å²) in [5.41, 5.74) is 1.29. The molecule has 2 rings (SSSR count). The van der Waals surface area contributed by atoms with Gasteiger partial charge < -0.3 is 10.1 Å². The zero-order chi connectivity index (χ0) is 12.1. The van der Waals surface area contributed by atoms with Gasteiger partial charge in [0.1, 0.15) is 0 Å². The van der Waals surface area contributed by atoms with E-state index in [-0.39, 0.29) is 0 Å². The van der Waals surface area contributed by atoms with Gasteiger partial charge in [-0.2, -0.15) is 0 Å². The van der Waals surface area contributed by atoms with Crippen LogP contribution in [0.1, 0.15) is 18.4 Å². The van der Waals surface area contributed by atoms with Crippen LogP contribution >= 0.6 is 31.9 Å². The summed E-state index contributed by atoms with van der Waals surface area (Å²) in [6.07, 6.45) is 3.62. The number of hydrogen-bond donors (Lipinski definition) is 1. The molecule has 0 atom stereocenters. The molecule has 1 fully saturated rings.